The second-order valence-corrected chi connectivity index (χ2v) is 7.29. The molecule has 0 fully saturated rings. The molecule has 0 bridgehead atoms. The lowest BCUT2D eigenvalue weighted by Crippen LogP contribution is -1.95. The lowest BCUT2D eigenvalue weighted by molar-refractivity contribution is 0.887. The van der Waals surface area contributed by atoms with Gasteiger partial charge in [0.1, 0.15) is 0 Å². The van der Waals surface area contributed by atoms with Gasteiger partial charge in [-0.2, -0.15) is 0 Å². The molecule has 2 aliphatic carbocycles. The molecule has 2 aliphatic rings. The van der Waals surface area contributed by atoms with Gasteiger partial charge in [0, 0.05) is 0 Å². The maximum atomic E-state index is 2.45. The van der Waals surface area contributed by atoms with Crippen molar-refractivity contribution in [1.29, 1.82) is 0 Å². The molecule has 0 N–H and O–H groups in total. The summed E-state index contributed by atoms with van der Waals surface area (Å²) in [6.45, 7) is 4.44. The summed E-state index contributed by atoms with van der Waals surface area (Å²) in [4.78, 5) is 0. The van der Waals surface area contributed by atoms with Gasteiger partial charge in [-0.05, 0) is 96.5 Å². The summed E-state index contributed by atoms with van der Waals surface area (Å²) in [5.41, 5.74) is 9.75. The highest BCUT2D eigenvalue weighted by Gasteiger charge is 2.22. The van der Waals surface area contributed by atoms with Gasteiger partial charge in [-0.25, -0.2) is 0 Å². The van der Waals surface area contributed by atoms with Crippen LogP contribution in [-0.4, -0.2) is 0 Å². The zero-order chi connectivity index (χ0) is 16.5. The predicted octanol–water partition coefficient (Wildman–Crippen LogP) is 6.12. The molecule has 0 unspecified atom stereocenters. The Morgan fingerprint density at radius 3 is 2.21 bits per heavy atom. The van der Waals surface area contributed by atoms with Crippen LogP contribution in [-0.2, 0) is 25.7 Å². The molecule has 0 saturated carbocycles. The van der Waals surface area contributed by atoms with Crippen molar-refractivity contribution in [3.63, 3.8) is 0 Å². The summed E-state index contributed by atoms with van der Waals surface area (Å²) in [7, 11) is 0. The van der Waals surface area contributed by atoms with Gasteiger partial charge in [-0.3, -0.25) is 0 Å². The van der Waals surface area contributed by atoms with Crippen molar-refractivity contribution >= 4 is 10.8 Å². The third-order valence-electron chi connectivity index (χ3n) is 5.72. The molecule has 24 heavy (non-hydrogen) atoms. The van der Waals surface area contributed by atoms with Crippen molar-refractivity contribution in [3.8, 4) is 0 Å². The second-order valence-electron chi connectivity index (χ2n) is 7.29. The third-order valence-corrected chi connectivity index (χ3v) is 5.72. The van der Waals surface area contributed by atoms with Gasteiger partial charge in [0.2, 0.25) is 0 Å². The first kappa shape index (κ1) is 15.4. The molecule has 122 valence electrons. The van der Waals surface area contributed by atoms with E-state index in [9.17, 15) is 0 Å². The molecule has 0 heterocycles. The van der Waals surface area contributed by atoms with Gasteiger partial charge in [0.15, 0.2) is 0 Å². The summed E-state index contributed by atoms with van der Waals surface area (Å²) in [5, 5.41) is 2.68. The average molecular weight is 314 g/mol. The summed E-state index contributed by atoms with van der Waals surface area (Å²) in [5.74, 6) is 0. The van der Waals surface area contributed by atoms with Crippen LogP contribution in [0.15, 0.2) is 48.5 Å². The van der Waals surface area contributed by atoms with E-state index in [0.29, 0.717) is 0 Å². The maximum Gasteiger partial charge on any atom is -0.0155 e. The molecular weight excluding hydrogens is 288 g/mol. The van der Waals surface area contributed by atoms with Crippen molar-refractivity contribution in [2.75, 3.05) is 0 Å². The molecule has 0 saturated heterocycles. The van der Waals surface area contributed by atoms with Crippen LogP contribution in [0.1, 0.15) is 46.2 Å². The van der Waals surface area contributed by atoms with Crippen molar-refractivity contribution < 1.29 is 0 Å². The molecule has 3 aromatic carbocycles. The number of hydrogen-bond acceptors (Lipinski definition) is 0. The fraction of sp³-hybridized carbons (Fsp3) is 0.333. The van der Waals surface area contributed by atoms with E-state index in [1.807, 2.05) is 0 Å². The Bertz CT molecular complexity index is 881. The number of aryl methyl sites for hydroxylation is 3. The molecule has 3 aromatic rings. The van der Waals surface area contributed by atoms with E-state index in [4.69, 9.17) is 0 Å². The van der Waals surface area contributed by atoms with Gasteiger partial charge in [-0.1, -0.05) is 48.5 Å². The summed E-state index contributed by atoms with van der Waals surface area (Å²) >= 11 is 0. The minimum absolute atomic E-state index is 1.33. The Morgan fingerprint density at radius 1 is 0.625 bits per heavy atom. The van der Waals surface area contributed by atoms with E-state index < -0.39 is 0 Å². The van der Waals surface area contributed by atoms with E-state index in [-0.39, 0.29) is 0 Å². The minimum atomic E-state index is 1.33. The van der Waals surface area contributed by atoms with E-state index in [1.165, 1.54) is 54.9 Å². The van der Waals surface area contributed by atoms with E-state index >= 15 is 0 Å². The molecule has 0 amide bonds. The summed E-state index contributed by atoms with van der Waals surface area (Å²) < 4.78 is 0. The molecule has 0 aliphatic heterocycles. The van der Waals surface area contributed by atoms with Crippen molar-refractivity contribution in [2.24, 2.45) is 0 Å². The largest absolute Gasteiger partial charge is 0.0616 e. The van der Waals surface area contributed by atoms with Gasteiger partial charge in [0.05, 0.1) is 0 Å². The minimum Gasteiger partial charge on any atom is -0.0616 e. The monoisotopic (exact) mass is 314 g/mol. The maximum absolute atomic E-state index is 2.45. The number of benzene rings is 3. The molecule has 5 rings (SSSR count). The first-order chi connectivity index (χ1) is 11.7. The van der Waals surface area contributed by atoms with Gasteiger partial charge >= 0.3 is 0 Å². The topological polar surface area (TPSA) is 0 Å². The molecule has 0 spiro atoms. The Labute approximate surface area is 145 Å². The molecular formula is C24H26. The molecule has 0 atom stereocenters. The van der Waals surface area contributed by atoms with Gasteiger partial charge < -0.3 is 0 Å². The molecule has 0 nitrogen and oxygen atoms in total. The van der Waals surface area contributed by atoms with Crippen molar-refractivity contribution in [3.05, 3.63) is 81.9 Å². The number of fused-ring (bicyclic) bond motifs is 4. The van der Waals surface area contributed by atoms with Crippen LogP contribution < -0.4 is 0 Å². The quantitative estimate of drug-likeness (QED) is 0.469. The lowest BCUT2D eigenvalue weighted by atomic mass is 9.95. The summed E-state index contributed by atoms with van der Waals surface area (Å²) in [6, 6.07) is 17.3. The van der Waals surface area contributed by atoms with E-state index in [2.05, 4.69) is 62.4 Å². The zero-order valence-electron chi connectivity index (χ0n) is 14.9. The fourth-order valence-electron chi connectivity index (χ4n) is 4.52. The summed E-state index contributed by atoms with van der Waals surface area (Å²) in [6.07, 6.45) is 8.19. The Kier molecular flexibility index (Phi) is 4.14. The van der Waals surface area contributed by atoms with E-state index in [0.717, 1.165) is 0 Å². The first-order valence-corrected chi connectivity index (χ1v) is 9.31. The van der Waals surface area contributed by atoms with Gasteiger partial charge in [-0.15, -0.1) is 0 Å². The van der Waals surface area contributed by atoms with Crippen molar-refractivity contribution in [1.82, 2.24) is 0 Å². The van der Waals surface area contributed by atoms with Crippen LogP contribution in [0.2, 0.25) is 0 Å². The van der Waals surface area contributed by atoms with Crippen molar-refractivity contribution in [2.45, 2.75) is 52.4 Å². The Hall–Kier alpha value is -2.08. The number of hydrogen-bond donors (Lipinski definition) is 0. The third kappa shape index (κ3) is 2.75. The highest BCUT2D eigenvalue weighted by Crippen LogP contribution is 2.35. The highest BCUT2D eigenvalue weighted by atomic mass is 14.3. The van der Waals surface area contributed by atoms with Gasteiger partial charge in [0.25, 0.3) is 0 Å². The Balaban J connectivity index is 0.000000123. The highest BCUT2D eigenvalue weighted by molar-refractivity contribution is 5.85. The normalized spacial score (nSPS) is 14.9. The van der Waals surface area contributed by atoms with Crippen LogP contribution in [0, 0.1) is 13.8 Å². The predicted molar refractivity (Wildman–Crippen MR) is 104 cm³/mol. The van der Waals surface area contributed by atoms with Crippen LogP contribution in [0.5, 0.6) is 0 Å². The Morgan fingerprint density at radius 2 is 1.33 bits per heavy atom. The van der Waals surface area contributed by atoms with E-state index in [1.54, 1.807) is 27.8 Å². The molecule has 0 aromatic heterocycles. The lowest BCUT2D eigenvalue weighted by Gasteiger charge is -2.10. The molecule has 0 radical (unpaired) electrons. The smallest absolute Gasteiger partial charge is 0.0155 e. The zero-order valence-corrected chi connectivity index (χ0v) is 14.9. The van der Waals surface area contributed by atoms with Crippen LogP contribution in [0.4, 0.5) is 0 Å². The van der Waals surface area contributed by atoms with Crippen LogP contribution in [0.3, 0.4) is 0 Å². The van der Waals surface area contributed by atoms with Crippen LogP contribution in [0.25, 0.3) is 10.8 Å². The SMILES string of the molecule is Cc1cc2c(c3c1CCC3)CCC2.Cc1cccc2ccccc12. The average Bonchev–Trinajstić information content (AvgIpc) is 3.24. The van der Waals surface area contributed by atoms with Crippen LogP contribution >= 0.6 is 0 Å². The fourth-order valence-corrected chi connectivity index (χ4v) is 4.52. The first-order valence-electron chi connectivity index (χ1n) is 9.31. The molecule has 0 heteroatoms. The number of rotatable bonds is 0. The second kappa shape index (κ2) is 6.43. The standard InChI is InChI=1S/C13H16.C11H10/c1-9-8-10-4-2-6-12(10)13-7-3-5-11(9)13;1-9-5-4-7-10-6-2-3-8-11(9)10/h8H,2-7H2,1H3;2-8H,1H3.